The first kappa shape index (κ1) is 11.1. The fourth-order valence-corrected chi connectivity index (χ4v) is 1.78. The Hall–Kier alpha value is -0.975. The Morgan fingerprint density at radius 2 is 2.14 bits per heavy atom. The Morgan fingerprint density at radius 3 is 2.64 bits per heavy atom. The van der Waals surface area contributed by atoms with Crippen LogP contribution in [-0.4, -0.2) is 7.28 Å². The Balaban J connectivity index is 2.41. The summed E-state index contributed by atoms with van der Waals surface area (Å²) < 4.78 is 0. The van der Waals surface area contributed by atoms with Gasteiger partial charge in [0.1, 0.15) is 7.28 Å². The van der Waals surface area contributed by atoms with Gasteiger partial charge in [-0.1, -0.05) is 41.8 Å². The molecule has 0 aromatic rings. The minimum atomic E-state index is 0.513. The molecule has 0 spiro atoms. The van der Waals surface area contributed by atoms with Gasteiger partial charge in [-0.25, -0.2) is 0 Å². The molecule has 1 unspecified atom stereocenters. The Bertz CT molecular complexity index is 248. The maximum absolute atomic E-state index is 3.96. The molecule has 0 amide bonds. The van der Waals surface area contributed by atoms with Gasteiger partial charge in [0, 0.05) is 0 Å². The van der Waals surface area contributed by atoms with Crippen molar-refractivity contribution in [3.05, 3.63) is 49.1 Å². The van der Waals surface area contributed by atoms with Crippen LogP contribution in [0.1, 0.15) is 19.8 Å². The molecule has 73 valence electrons. The maximum atomic E-state index is 3.96. The lowest BCUT2D eigenvalue weighted by atomic mass is 9.53. The van der Waals surface area contributed by atoms with E-state index in [-0.39, 0.29) is 0 Å². The average Bonchev–Trinajstić information content (AvgIpc) is 2.56. The van der Waals surface area contributed by atoms with Crippen molar-refractivity contribution >= 4 is 7.28 Å². The first-order chi connectivity index (χ1) is 6.72. The van der Waals surface area contributed by atoms with E-state index in [0.29, 0.717) is 11.6 Å². The summed E-state index contributed by atoms with van der Waals surface area (Å²) in [5, 5.41) is 0. The molecule has 0 heterocycles. The van der Waals surface area contributed by atoms with Gasteiger partial charge >= 0.3 is 0 Å². The highest BCUT2D eigenvalue weighted by Gasteiger charge is 2.14. The van der Waals surface area contributed by atoms with Crippen LogP contribution in [0.3, 0.4) is 0 Å². The second-order valence-electron chi connectivity index (χ2n) is 3.99. The zero-order valence-electron chi connectivity index (χ0n) is 8.95. The number of allylic oxidation sites excluding steroid dienone is 6. The van der Waals surface area contributed by atoms with Gasteiger partial charge < -0.3 is 0 Å². The Labute approximate surface area is 88.3 Å². The van der Waals surface area contributed by atoms with E-state index < -0.39 is 0 Å². The molecule has 14 heavy (non-hydrogen) atoms. The zero-order chi connectivity index (χ0) is 10.4. The first-order valence-corrected chi connectivity index (χ1v) is 5.17. The number of hydrogen-bond donors (Lipinski definition) is 0. The van der Waals surface area contributed by atoms with E-state index in [2.05, 4.69) is 51.7 Å². The fraction of sp³-hybridized carbons (Fsp3) is 0.385. The Morgan fingerprint density at radius 1 is 1.50 bits per heavy atom. The quantitative estimate of drug-likeness (QED) is 0.434. The average molecular weight is 185 g/mol. The van der Waals surface area contributed by atoms with E-state index in [9.17, 15) is 0 Å². The smallest absolute Gasteiger partial charge is 0.103 e. The molecule has 0 aromatic heterocycles. The van der Waals surface area contributed by atoms with Gasteiger partial charge in [-0.15, -0.1) is 13.2 Å². The summed E-state index contributed by atoms with van der Waals surface area (Å²) in [6, 6.07) is 0. The highest BCUT2D eigenvalue weighted by molar-refractivity contribution is 6.41. The van der Waals surface area contributed by atoms with Crippen LogP contribution in [0, 0.1) is 0 Å². The minimum Gasteiger partial charge on any atom is -0.103 e. The van der Waals surface area contributed by atoms with Gasteiger partial charge in [0.05, 0.1) is 0 Å². The summed E-state index contributed by atoms with van der Waals surface area (Å²) in [5.74, 6) is 1.10. The molecule has 0 saturated carbocycles. The molecule has 0 fully saturated rings. The standard InChI is InChI=1S/C13H18B/c1-4-7-13(10-11(2)3)14-12-8-5-6-9-12/h4-6,8-9,12-13H,1-2,7,10H2,3H3. The topological polar surface area (TPSA) is 0 Å². The minimum absolute atomic E-state index is 0.513. The van der Waals surface area contributed by atoms with E-state index in [1.165, 1.54) is 5.57 Å². The normalized spacial score (nSPS) is 16.9. The molecule has 0 N–H and O–H groups in total. The van der Waals surface area contributed by atoms with Crippen molar-refractivity contribution in [2.45, 2.75) is 31.4 Å². The lowest BCUT2D eigenvalue weighted by Crippen LogP contribution is -2.07. The summed E-state index contributed by atoms with van der Waals surface area (Å²) >= 11 is 0. The molecular formula is C13H18B. The van der Waals surface area contributed by atoms with Gasteiger partial charge in [-0.05, 0) is 25.6 Å². The van der Waals surface area contributed by atoms with E-state index in [1.54, 1.807) is 0 Å². The molecule has 0 aromatic carbocycles. The zero-order valence-corrected chi connectivity index (χ0v) is 8.95. The van der Waals surface area contributed by atoms with Crippen molar-refractivity contribution in [2.75, 3.05) is 0 Å². The summed E-state index contributed by atoms with van der Waals surface area (Å²) in [5.41, 5.74) is 1.25. The van der Waals surface area contributed by atoms with E-state index in [1.807, 2.05) is 6.08 Å². The maximum Gasteiger partial charge on any atom is 0.128 e. The summed E-state index contributed by atoms with van der Waals surface area (Å²) in [7, 11) is 2.39. The van der Waals surface area contributed by atoms with Crippen molar-refractivity contribution in [1.29, 1.82) is 0 Å². The lowest BCUT2D eigenvalue weighted by Gasteiger charge is -2.16. The van der Waals surface area contributed by atoms with Gasteiger partial charge in [0.15, 0.2) is 0 Å². The number of hydrogen-bond acceptors (Lipinski definition) is 0. The molecule has 1 heteroatoms. The predicted molar refractivity (Wildman–Crippen MR) is 65.8 cm³/mol. The van der Waals surface area contributed by atoms with Crippen LogP contribution in [0.25, 0.3) is 0 Å². The van der Waals surface area contributed by atoms with Crippen LogP contribution in [0.15, 0.2) is 49.1 Å². The van der Waals surface area contributed by atoms with Crippen LogP contribution in [0.2, 0.25) is 11.6 Å². The molecule has 0 nitrogen and oxygen atoms in total. The van der Waals surface area contributed by atoms with Crippen LogP contribution >= 0.6 is 0 Å². The van der Waals surface area contributed by atoms with Crippen LogP contribution < -0.4 is 0 Å². The summed E-state index contributed by atoms with van der Waals surface area (Å²) in [6.07, 6.45) is 12.8. The number of rotatable bonds is 6. The summed E-state index contributed by atoms with van der Waals surface area (Å²) in [4.78, 5) is 0. The van der Waals surface area contributed by atoms with Gasteiger partial charge in [-0.3, -0.25) is 0 Å². The molecule has 1 aliphatic carbocycles. The van der Waals surface area contributed by atoms with Gasteiger partial charge in [0.2, 0.25) is 0 Å². The van der Waals surface area contributed by atoms with Crippen molar-refractivity contribution in [2.24, 2.45) is 0 Å². The van der Waals surface area contributed by atoms with Gasteiger partial charge in [-0.2, -0.15) is 0 Å². The second-order valence-corrected chi connectivity index (χ2v) is 3.99. The Kier molecular flexibility index (Phi) is 4.51. The van der Waals surface area contributed by atoms with Crippen molar-refractivity contribution in [1.82, 2.24) is 0 Å². The predicted octanol–water partition coefficient (Wildman–Crippen LogP) is 3.94. The largest absolute Gasteiger partial charge is 0.128 e. The molecule has 0 aliphatic heterocycles. The third-order valence-electron chi connectivity index (χ3n) is 2.35. The van der Waals surface area contributed by atoms with E-state index >= 15 is 0 Å². The first-order valence-electron chi connectivity index (χ1n) is 5.17. The molecule has 1 aliphatic rings. The molecule has 1 radical (unpaired) electrons. The van der Waals surface area contributed by atoms with Crippen LogP contribution in [-0.2, 0) is 0 Å². The molecule has 1 rings (SSSR count). The molecule has 0 saturated heterocycles. The third kappa shape index (κ3) is 3.82. The van der Waals surface area contributed by atoms with E-state index in [0.717, 1.165) is 12.8 Å². The fourth-order valence-electron chi connectivity index (χ4n) is 1.78. The molecule has 0 bridgehead atoms. The highest BCUT2D eigenvalue weighted by atomic mass is 14.0. The summed E-state index contributed by atoms with van der Waals surface area (Å²) in [6.45, 7) is 9.85. The monoisotopic (exact) mass is 185 g/mol. The van der Waals surface area contributed by atoms with Crippen LogP contribution in [0.4, 0.5) is 0 Å². The molecule has 1 atom stereocenters. The SMILES string of the molecule is C=CCC([B]C1C=CC=C1)CC(=C)C. The van der Waals surface area contributed by atoms with Crippen LogP contribution in [0.5, 0.6) is 0 Å². The highest BCUT2D eigenvalue weighted by Crippen LogP contribution is 2.27. The van der Waals surface area contributed by atoms with Crippen molar-refractivity contribution in [3.8, 4) is 0 Å². The second kappa shape index (κ2) is 5.69. The van der Waals surface area contributed by atoms with Crippen molar-refractivity contribution < 1.29 is 0 Å². The van der Waals surface area contributed by atoms with E-state index in [4.69, 9.17) is 0 Å². The van der Waals surface area contributed by atoms with Crippen molar-refractivity contribution in [3.63, 3.8) is 0 Å². The lowest BCUT2D eigenvalue weighted by molar-refractivity contribution is 0.815. The third-order valence-corrected chi connectivity index (χ3v) is 2.35. The molecular weight excluding hydrogens is 167 g/mol. The van der Waals surface area contributed by atoms with Gasteiger partial charge in [0.25, 0.3) is 0 Å².